The molecular weight excluding hydrogens is 346 g/mol. The minimum atomic E-state index is -0.222. The van der Waals surface area contributed by atoms with E-state index in [9.17, 15) is 4.79 Å². The van der Waals surface area contributed by atoms with Crippen molar-refractivity contribution < 1.29 is 9.53 Å². The van der Waals surface area contributed by atoms with Crippen molar-refractivity contribution in [3.63, 3.8) is 0 Å². The van der Waals surface area contributed by atoms with Crippen molar-refractivity contribution in [1.82, 2.24) is 10.3 Å². The highest BCUT2D eigenvalue weighted by Gasteiger charge is 2.18. The molecule has 128 valence electrons. The lowest BCUT2D eigenvalue weighted by Crippen LogP contribution is -2.26. The number of aromatic nitrogens is 1. The van der Waals surface area contributed by atoms with Crippen LogP contribution in [0.1, 0.15) is 29.2 Å². The predicted molar refractivity (Wildman–Crippen MR) is 97.3 cm³/mol. The van der Waals surface area contributed by atoms with Gasteiger partial charge in [-0.3, -0.25) is 10.1 Å². The quantitative estimate of drug-likeness (QED) is 0.849. The number of hydrogen-bond acceptors (Lipinski definition) is 5. The first-order chi connectivity index (χ1) is 11.6. The molecule has 1 aliphatic rings. The lowest BCUT2D eigenvalue weighted by molar-refractivity contribution is -0.118. The molecule has 1 saturated heterocycles. The Morgan fingerprint density at radius 3 is 3.04 bits per heavy atom. The van der Waals surface area contributed by atoms with Gasteiger partial charge in [0.25, 0.3) is 5.91 Å². The number of anilines is 1. The maximum absolute atomic E-state index is 12.1. The molecule has 0 aliphatic carbocycles. The molecule has 1 aromatic heterocycles. The number of carbonyl (C=O) groups is 1. The minimum absolute atomic E-state index is 0.0660. The summed E-state index contributed by atoms with van der Waals surface area (Å²) < 4.78 is 5.55. The van der Waals surface area contributed by atoms with Crippen molar-refractivity contribution in [3.05, 3.63) is 39.9 Å². The van der Waals surface area contributed by atoms with Crippen molar-refractivity contribution >= 4 is 34.0 Å². The number of nitrogens with zero attached hydrogens (tertiary/aromatic N) is 1. The van der Waals surface area contributed by atoms with Crippen LogP contribution in [0.5, 0.6) is 5.75 Å². The third kappa shape index (κ3) is 4.26. The van der Waals surface area contributed by atoms with E-state index in [-0.39, 0.29) is 12.5 Å². The van der Waals surface area contributed by atoms with Gasteiger partial charge in [-0.15, -0.1) is 11.3 Å². The summed E-state index contributed by atoms with van der Waals surface area (Å²) in [6, 6.07) is 5.39. The lowest BCUT2D eigenvalue weighted by atomic mass is 9.97. The Labute approximate surface area is 150 Å². The first-order valence-corrected chi connectivity index (χ1v) is 9.17. The molecule has 3 rings (SSSR count). The fraction of sp³-hybridized carbons (Fsp3) is 0.412. The highest BCUT2D eigenvalue weighted by molar-refractivity contribution is 7.15. The zero-order chi connectivity index (χ0) is 16.9. The van der Waals surface area contributed by atoms with E-state index in [1.54, 1.807) is 29.5 Å². The Morgan fingerprint density at radius 2 is 2.25 bits per heavy atom. The largest absolute Gasteiger partial charge is 0.483 e. The van der Waals surface area contributed by atoms with Gasteiger partial charge in [0.05, 0.1) is 0 Å². The van der Waals surface area contributed by atoms with Crippen molar-refractivity contribution in [2.24, 2.45) is 0 Å². The fourth-order valence-electron chi connectivity index (χ4n) is 2.68. The van der Waals surface area contributed by atoms with Crippen LogP contribution in [0.15, 0.2) is 24.4 Å². The Morgan fingerprint density at radius 1 is 1.46 bits per heavy atom. The van der Waals surface area contributed by atoms with E-state index in [1.165, 1.54) is 4.88 Å². The van der Waals surface area contributed by atoms with Crippen LogP contribution >= 0.6 is 22.9 Å². The second kappa shape index (κ2) is 7.96. The van der Waals surface area contributed by atoms with E-state index < -0.39 is 0 Å². The summed E-state index contributed by atoms with van der Waals surface area (Å²) in [6.45, 7) is 3.87. The molecular formula is C17H20ClN3O2S. The third-order valence-electron chi connectivity index (χ3n) is 4.09. The number of piperidine rings is 1. The van der Waals surface area contributed by atoms with E-state index >= 15 is 0 Å². The summed E-state index contributed by atoms with van der Waals surface area (Å²) in [6.07, 6.45) is 4.11. The molecule has 1 aromatic carbocycles. The van der Waals surface area contributed by atoms with Crippen LogP contribution in [0, 0.1) is 6.92 Å². The summed E-state index contributed by atoms with van der Waals surface area (Å²) in [5.41, 5.74) is 0.828. The number of nitrogens with one attached hydrogen (secondary N) is 2. The molecule has 0 atom stereocenters. The molecule has 1 aliphatic heterocycles. The fourth-order valence-corrected chi connectivity index (χ4v) is 3.85. The molecule has 0 unspecified atom stereocenters. The zero-order valence-corrected chi connectivity index (χ0v) is 15.0. The molecule has 2 N–H and O–H groups in total. The minimum Gasteiger partial charge on any atom is -0.483 e. The lowest BCUT2D eigenvalue weighted by Gasteiger charge is -2.20. The van der Waals surface area contributed by atoms with Gasteiger partial charge < -0.3 is 10.1 Å². The summed E-state index contributed by atoms with van der Waals surface area (Å²) >= 11 is 7.59. The molecule has 0 radical (unpaired) electrons. The second-order valence-electron chi connectivity index (χ2n) is 5.79. The van der Waals surface area contributed by atoms with E-state index in [0.717, 1.165) is 31.5 Å². The normalized spacial score (nSPS) is 15.2. The maximum Gasteiger partial charge on any atom is 0.264 e. The molecule has 7 heteroatoms. The van der Waals surface area contributed by atoms with Crippen LogP contribution in [-0.4, -0.2) is 30.6 Å². The third-order valence-corrected chi connectivity index (χ3v) is 5.57. The topological polar surface area (TPSA) is 63.2 Å². The van der Waals surface area contributed by atoms with Gasteiger partial charge in [-0.2, -0.15) is 0 Å². The predicted octanol–water partition coefficient (Wildman–Crippen LogP) is 3.59. The van der Waals surface area contributed by atoms with Gasteiger partial charge in [-0.05, 0) is 50.9 Å². The van der Waals surface area contributed by atoms with E-state index in [4.69, 9.17) is 16.3 Å². The number of hydrogen-bond donors (Lipinski definition) is 2. The van der Waals surface area contributed by atoms with Crippen LogP contribution in [0.25, 0.3) is 0 Å². The average Bonchev–Trinajstić information content (AvgIpc) is 3.05. The summed E-state index contributed by atoms with van der Waals surface area (Å²) in [7, 11) is 0. The SMILES string of the molecule is Cc1c(Cl)cccc1OCC(=O)Nc1ncc(C2CCNCC2)s1. The van der Waals surface area contributed by atoms with Gasteiger partial charge in [0.15, 0.2) is 11.7 Å². The number of rotatable bonds is 5. The Kier molecular flexibility index (Phi) is 5.71. The first kappa shape index (κ1) is 17.2. The molecule has 0 spiro atoms. The smallest absolute Gasteiger partial charge is 0.264 e. The van der Waals surface area contributed by atoms with Crippen LogP contribution in [0.4, 0.5) is 5.13 Å². The zero-order valence-electron chi connectivity index (χ0n) is 13.5. The van der Waals surface area contributed by atoms with Gasteiger partial charge in [0, 0.05) is 21.7 Å². The van der Waals surface area contributed by atoms with Crippen molar-refractivity contribution in [3.8, 4) is 5.75 Å². The van der Waals surface area contributed by atoms with Gasteiger partial charge in [-0.1, -0.05) is 17.7 Å². The molecule has 0 bridgehead atoms. The Balaban J connectivity index is 1.53. The van der Waals surface area contributed by atoms with E-state index in [1.807, 2.05) is 13.1 Å². The second-order valence-corrected chi connectivity index (χ2v) is 7.26. The number of carbonyl (C=O) groups excluding carboxylic acids is 1. The number of halogens is 1. The van der Waals surface area contributed by atoms with Gasteiger partial charge in [0.2, 0.25) is 0 Å². The van der Waals surface area contributed by atoms with Gasteiger partial charge >= 0.3 is 0 Å². The molecule has 2 heterocycles. The van der Waals surface area contributed by atoms with Crippen LogP contribution in [-0.2, 0) is 4.79 Å². The van der Waals surface area contributed by atoms with Crippen LogP contribution in [0.2, 0.25) is 5.02 Å². The first-order valence-electron chi connectivity index (χ1n) is 7.97. The van der Waals surface area contributed by atoms with E-state index in [0.29, 0.717) is 21.8 Å². The number of thiazole rings is 1. The summed E-state index contributed by atoms with van der Waals surface area (Å²) in [4.78, 5) is 17.6. The highest BCUT2D eigenvalue weighted by atomic mass is 35.5. The summed E-state index contributed by atoms with van der Waals surface area (Å²) in [5.74, 6) is 0.938. The molecule has 2 aromatic rings. The number of amides is 1. The monoisotopic (exact) mass is 365 g/mol. The van der Waals surface area contributed by atoms with Crippen molar-refractivity contribution in [1.29, 1.82) is 0 Å². The van der Waals surface area contributed by atoms with Crippen molar-refractivity contribution in [2.75, 3.05) is 25.0 Å². The van der Waals surface area contributed by atoms with Crippen LogP contribution < -0.4 is 15.4 Å². The van der Waals surface area contributed by atoms with Crippen molar-refractivity contribution in [2.45, 2.75) is 25.7 Å². The Bertz CT molecular complexity index is 714. The number of benzene rings is 1. The van der Waals surface area contributed by atoms with Gasteiger partial charge in [-0.25, -0.2) is 4.98 Å². The molecule has 1 fully saturated rings. The standard InChI is InChI=1S/C17H20ClN3O2S/c1-11-13(18)3-2-4-14(11)23-10-16(22)21-17-20-9-15(24-17)12-5-7-19-8-6-12/h2-4,9,12,19H,5-8,10H2,1H3,(H,20,21,22). The van der Waals surface area contributed by atoms with Gasteiger partial charge in [0.1, 0.15) is 5.75 Å². The molecule has 24 heavy (non-hydrogen) atoms. The molecule has 5 nitrogen and oxygen atoms in total. The van der Waals surface area contributed by atoms with Crippen LogP contribution in [0.3, 0.4) is 0 Å². The molecule has 1 amide bonds. The maximum atomic E-state index is 12.1. The van der Waals surface area contributed by atoms with E-state index in [2.05, 4.69) is 15.6 Å². The highest BCUT2D eigenvalue weighted by Crippen LogP contribution is 2.31. The summed E-state index contributed by atoms with van der Waals surface area (Å²) in [5, 5.41) is 7.40. The molecule has 0 saturated carbocycles. The Hall–Kier alpha value is -1.63. The number of ether oxygens (including phenoxy) is 1. The average molecular weight is 366 g/mol.